The molecule has 0 aliphatic heterocycles. The standard InChI is InChI=1S/C34H35N3/c1-25-19-20-26(2)36(25)33-23-31(24-34(35-33)37-27(3)21-22-28(37)4)32(30-16-9-6-10-17-30)18-12-11-15-29-13-7-5-8-14-29/h5-10,13-14,16-24H,11-12,15H2,1-4H3/b32-18-. The van der Waals surface area contributed by atoms with E-state index in [1.165, 1.54) is 45.0 Å². The third kappa shape index (κ3) is 5.36. The van der Waals surface area contributed by atoms with Crippen molar-refractivity contribution in [2.24, 2.45) is 0 Å². The van der Waals surface area contributed by atoms with Crippen LogP contribution in [0.25, 0.3) is 17.2 Å². The van der Waals surface area contributed by atoms with Crippen molar-refractivity contribution in [2.45, 2.75) is 47.0 Å². The van der Waals surface area contributed by atoms with Crippen LogP contribution in [0.1, 0.15) is 52.3 Å². The van der Waals surface area contributed by atoms with Gasteiger partial charge in [0.05, 0.1) is 0 Å². The van der Waals surface area contributed by atoms with Gasteiger partial charge in [0.25, 0.3) is 0 Å². The van der Waals surface area contributed by atoms with Crippen LogP contribution in [-0.4, -0.2) is 14.1 Å². The van der Waals surface area contributed by atoms with Crippen molar-refractivity contribution >= 4 is 5.57 Å². The molecule has 0 atom stereocenters. The van der Waals surface area contributed by atoms with E-state index in [1.54, 1.807) is 0 Å². The van der Waals surface area contributed by atoms with Gasteiger partial charge < -0.3 is 9.13 Å². The molecule has 0 N–H and O–H groups in total. The molecule has 0 amide bonds. The van der Waals surface area contributed by atoms with E-state index in [0.717, 1.165) is 30.9 Å². The number of hydrogen-bond acceptors (Lipinski definition) is 1. The van der Waals surface area contributed by atoms with Gasteiger partial charge in [0.1, 0.15) is 11.6 Å². The Hall–Kier alpha value is -4.11. The molecule has 37 heavy (non-hydrogen) atoms. The zero-order valence-corrected chi connectivity index (χ0v) is 22.3. The van der Waals surface area contributed by atoms with Crippen LogP contribution in [0.3, 0.4) is 0 Å². The summed E-state index contributed by atoms with van der Waals surface area (Å²) in [6.07, 6.45) is 5.60. The Kier molecular flexibility index (Phi) is 7.23. The molecule has 0 bridgehead atoms. The summed E-state index contributed by atoms with van der Waals surface area (Å²) in [5.41, 5.74) is 9.79. The summed E-state index contributed by atoms with van der Waals surface area (Å²) in [6, 6.07) is 34.6. The highest BCUT2D eigenvalue weighted by Gasteiger charge is 2.15. The van der Waals surface area contributed by atoms with Gasteiger partial charge in [0.15, 0.2) is 0 Å². The Bertz CT molecular complexity index is 1410. The first-order chi connectivity index (χ1) is 18.0. The highest BCUT2D eigenvalue weighted by molar-refractivity contribution is 5.81. The number of hydrogen-bond donors (Lipinski definition) is 0. The molecule has 0 radical (unpaired) electrons. The number of unbranched alkanes of at least 4 members (excludes halogenated alkanes) is 1. The summed E-state index contributed by atoms with van der Waals surface area (Å²) in [7, 11) is 0. The Morgan fingerprint density at radius 2 is 1.11 bits per heavy atom. The third-order valence-corrected chi connectivity index (χ3v) is 7.06. The van der Waals surface area contributed by atoms with E-state index in [-0.39, 0.29) is 0 Å². The van der Waals surface area contributed by atoms with E-state index in [4.69, 9.17) is 4.98 Å². The number of allylic oxidation sites excluding steroid dienone is 1. The van der Waals surface area contributed by atoms with Crippen molar-refractivity contribution in [1.29, 1.82) is 0 Å². The van der Waals surface area contributed by atoms with E-state index in [1.807, 2.05) is 0 Å². The van der Waals surface area contributed by atoms with Gasteiger partial charge in [-0.15, -0.1) is 0 Å². The van der Waals surface area contributed by atoms with Crippen molar-refractivity contribution < 1.29 is 0 Å². The molecule has 5 rings (SSSR count). The predicted molar refractivity (Wildman–Crippen MR) is 155 cm³/mol. The molecule has 3 aromatic heterocycles. The van der Waals surface area contributed by atoms with Crippen LogP contribution in [0.4, 0.5) is 0 Å². The fraction of sp³-hybridized carbons (Fsp3) is 0.206. The topological polar surface area (TPSA) is 22.8 Å². The van der Waals surface area contributed by atoms with Gasteiger partial charge in [0, 0.05) is 22.8 Å². The SMILES string of the molecule is Cc1ccc(C)n1-c1cc(/C(=C\CCCc2ccccc2)c2ccccc2)cc(-n2c(C)ccc2C)n1. The van der Waals surface area contributed by atoms with Gasteiger partial charge in [-0.05, 0) is 106 Å². The third-order valence-electron chi connectivity index (χ3n) is 7.06. The van der Waals surface area contributed by atoms with E-state index in [2.05, 4.69) is 140 Å². The van der Waals surface area contributed by atoms with Gasteiger partial charge in [-0.2, -0.15) is 0 Å². The molecule has 3 heteroatoms. The molecule has 0 saturated heterocycles. The van der Waals surface area contributed by atoms with Crippen LogP contribution >= 0.6 is 0 Å². The smallest absolute Gasteiger partial charge is 0.140 e. The zero-order chi connectivity index (χ0) is 25.8. The van der Waals surface area contributed by atoms with Crippen LogP contribution in [0.2, 0.25) is 0 Å². The molecule has 0 fully saturated rings. The van der Waals surface area contributed by atoms with E-state index >= 15 is 0 Å². The zero-order valence-electron chi connectivity index (χ0n) is 22.3. The fourth-order valence-electron chi connectivity index (χ4n) is 5.16. The molecule has 186 valence electrons. The number of rotatable bonds is 8. The second-order valence-electron chi connectivity index (χ2n) is 9.84. The van der Waals surface area contributed by atoms with Crippen LogP contribution < -0.4 is 0 Å². The van der Waals surface area contributed by atoms with Crippen molar-refractivity contribution in [3.8, 4) is 11.6 Å². The molecule has 0 saturated carbocycles. The highest BCUT2D eigenvalue weighted by atomic mass is 15.1. The lowest BCUT2D eigenvalue weighted by atomic mass is 9.96. The fourth-order valence-corrected chi connectivity index (χ4v) is 5.16. The number of aryl methyl sites for hydroxylation is 5. The number of aromatic nitrogens is 3. The average molecular weight is 486 g/mol. The molecule has 3 heterocycles. The Morgan fingerprint density at radius 1 is 0.622 bits per heavy atom. The van der Waals surface area contributed by atoms with Crippen molar-refractivity contribution in [3.63, 3.8) is 0 Å². The lowest BCUT2D eigenvalue weighted by Gasteiger charge is -2.17. The number of pyridine rings is 1. The summed E-state index contributed by atoms with van der Waals surface area (Å²) < 4.78 is 4.50. The maximum absolute atomic E-state index is 5.17. The van der Waals surface area contributed by atoms with Gasteiger partial charge in [-0.3, -0.25) is 0 Å². The van der Waals surface area contributed by atoms with Crippen molar-refractivity contribution in [2.75, 3.05) is 0 Å². The van der Waals surface area contributed by atoms with Crippen LogP contribution in [0.15, 0.2) is 103 Å². The minimum Gasteiger partial charge on any atom is -0.303 e. The first kappa shape index (κ1) is 24.6. The molecule has 2 aromatic carbocycles. The molecule has 3 nitrogen and oxygen atoms in total. The quantitative estimate of drug-likeness (QED) is 0.203. The first-order valence-electron chi connectivity index (χ1n) is 13.1. The first-order valence-corrected chi connectivity index (χ1v) is 13.1. The summed E-state index contributed by atoms with van der Waals surface area (Å²) in [5, 5.41) is 0. The van der Waals surface area contributed by atoms with Gasteiger partial charge in [-0.1, -0.05) is 66.7 Å². The molecule has 0 unspecified atom stereocenters. The summed E-state index contributed by atoms with van der Waals surface area (Å²) in [5.74, 6) is 1.90. The normalized spacial score (nSPS) is 11.7. The van der Waals surface area contributed by atoms with E-state index in [0.29, 0.717) is 0 Å². The number of nitrogens with zero attached hydrogens (tertiary/aromatic N) is 3. The Morgan fingerprint density at radius 3 is 1.62 bits per heavy atom. The van der Waals surface area contributed by atoms with Crippen LogP contribution in [-0.2, 0) is 6.42 Å². The van der Waals surface area contributed by atoms with E-state index in [9.17, 15) is 0 Å². The Labute approximate surface area is 220 Å². The van der Waals surface area contributed by atoms with Gasteiger partial charge in [0.2, 0.25) is 0 Å². The Balaban J connectivity index is 1.61. The van der Waals surface area contributed by atoms with Crippen LogP contribution in [0, 0.1) is 27.7 Å². The molecule has 0 spiro atoms. The minimum atomic E-state index is 0.950. The van der Waals surface area contributed by atoms with Crippen molar-refractivity contribution in [3.05, 3.63) is 143 Å². The monoisotopic (exact) mass is 485 g/mol. The summed E-state index contributed by atoms with van der Waals surface area (Å²) >= 11 is 0. The lowest BCUT2D eigenvalue weighted by Crippen LogP contribution is -2.09. The summed E-state index contributed by atoms with van der Waals surface area (Å²) in [4.78, 5) is 5.17. The highest BCUT2D eigenvalue weighted by Crippen LogP contribution is 2.29. The van der Waals surface area contributed by atoms with Gasteiger partial charge >= 0.3 is 0 Å². The largest absolute Gasteiger partial charge is 0.303 e. The second-order valence-corrected chi connectivity index (χ2v) is 9.84. The summed E-state index contributed by atoms with van der Waals surface area (Å²) in [6.45, 7) is 8.57. The number of benzene rings is 2. The maximum atomic E-state index is 5.17. The molecule has 5 aromatic rings. The lowest BCUT2D eigenvalue weighted by molar-refractivity contribution is 0.843. The molecular weight excluding hydrogens is 450 g/mol. The average Bonchev–Trinajstić information content (AvgIpc) is 3.44. The van der Waals surface area contributed by atoms with E-state index < -0.39 is 0 Å². The predicted octanol–water partition coefficient (Wildman–Crippen LogP) is 8.35. The maximum Gasteiger partial charge on any atom is 0.140 e. The van der Waals surface area contributed by atoms with Crippen LogP contribution in [0.5, 0.6) is 0 Å². The molecule has 0 aliphatic rings. The molecular formula is C34H35N3. The molecule has 0 aliphatic carbocycles. The second kappa shape index (κ2) is 10.9. The van der Waals surface area contributed by atoms with Gasteiger partial charge in [-0.25, -0.2) is 4.98 Å². The minimum absolute atomic E-state index is 0.950. The van der Waals surface area contributed by atoms with Crippen molar-refractivity contribution in [1.82, 2.24) is 14.1 Å².